The van der Waals surface area contributed by atoms with Gasteiger partial charge in [0.05, 0.1) is 19.3 Å². The quantitative estimate of drug-likeness (QED) is 0.490. The molecule has 2 aromatic carbocycles. The molecule has 0 unspecified atom stereocenters. The number of hydrogen-bond acceptors (Lipinski definition) is 3. The Bertz CT molecular complexity index is 829. The van der Waals surface area contributed by atoms with Gasteiger partial charge in [-0.15, -0.1) is 0 Å². The van der Waals surface area contributed by atoms with Crippen LogP contribution in [0.5, 0.6) is 0 Å². The summed E-state index contributed by atoms with van der Waals surface area (Å²) >= 11 is 0. The van der Waals surface area contributed by atoms with Crippen LogP contribution in [0.15, 0.2) is 53.5 Å². The van der Waals surface area contributed by atoms with Gasteiger partial charge in [0.25, 0.3) is 5.91 Å². The summed E-state index contributed by atoms with van der Waals surface area (Å²) < 4.78 is 5.69. The number of ether oxygens (including phenoxy) is 1. The lowest BCUT2D eigenvalue weighted by Crippen LogP contribution is -2.36. The molecule has 6 heteroatoms. The lowest BCUT2D eigenvalue weighted by Gasteiger charge is -2.13. The fourth-order valence-electron chi connectivity index (χ4n) is 2.80. The van der Waals surface area contributed by atoms with E-state index in [2.05, 4.69) is 28.8 Å². The van der Waals surface area contributed by atoms with Gasteiger partial charge in [-0.1, -0.05) is 36.4 Å². The van der Waals surface area contributed by atoms with Crippen molar-refractivity contribution in [1.29, 1.82) is 0 Å². The van der Waals surface area contributed by atoms with Crippen molar-refractivity contribution in [3.63, 3.8) is 0 Å². The number of guanidine groups is 1. The zero-order valence-corrected chi connectivity index (χ0v) is 18.7. The maximum absolute atomic E-state index is 12.0. The van der Waals surface area contributed by atoms with Gasteiger partial charge < -0.3 is 20.3 Å². The van der Waals surface area contributed by atoms with Crippen molar-refractivity contribution in [2.75, 3.05) is 20.6 Å². The van der Waals surface area contributed by atoms with Crippen molar-refractivity contribution in [3.8, 4) is 0 Å². The average molecular weight is 411 g/mol. The Kier molecular flexibility index (Phi) is 9.35. The van der Waals surface area contributed by atoms with Gasteiger partial charge in [0.15, 0.2) is 5.96 Å². The van der Waals surface area contributed by atoms with E-state index in [0.29, 0.717) is 25.3 Å². The zero-order valence-electron chi connectivity index (χ0n) is 18.7. The SMILES string of the molecule is CCNC(=NCc1cccc(COC(C)C)c1)NCc1ccc(C(=O)N(C)C)cc1. The highest BCUT2D eigenvalue weighted by Gasteiger charge is 2.07. The Morgan fingerprint density at radius 1 is 1.03 bits per heavy atom. The van der Waals surface area contributed by atoms with Crippen molar-refractivity contribution in [2.45, 2.75) is 46.6 Å². The monoisotopic (exact) mass is 410 g/mol. The van der Waals surface area contributed by atoms with E-state index in [-0.39, 0.29) is 12.0 Å². The molecule has 0 aliphatic rings. The van der Waals surface area contributed by atoms with Crippen LogP contribution in [-0.2, 0) is 24.4 Å². The Morgan fingerprint density at radius 2 is 1.73 bits per heavy atom. The molecule has 2 N–H and O–H groups in total. The maximum Gasteiger partial charge on any atom is 0.253 e. The number of nitrogens with one attached hydrogen (secondary N) is 2. The highest BCUT2D eigenvalue weighted by atomic mass is 16.5. The third kappa shape index (κ3) is 7.87. The highest BCUT2D eigenvalue weighted by Crippen LogP contribution is 2.09. The Balaban J connectivity index is 1.96. The van der Waals surface area contributed by atoms with E-state index in [1.54, 1.807) is 19.0 Å². The van der Waals surface area contributed by atoms with Crippen molar-refractivity contribution in [2.24, 2.45) is 4.99 Å². The summed E-state index contributed by atoms with van der Waals surface area (Å²) in [6, 6.07) is 16.0. The summed E-state index contributed by atoms with van der Waals surface area (Å²) in [6.45, 7) is 8.73. The first-order chi connectivity index (χ1) is 14.4. The van der Waals surface area contributed by atoms with Crippen molar-refractivity contribution >= 4 is 11.9 Å². The smallest absolute Gasteiger partial charge is 0.253 e. The van der Waals surface area contributed by atoms with Crippen LogP contribution in [0.1, 0.15) is 47.8 Å². The van der Waals surface area contributed by atoms with E-state index >= 15 is 0 Å². The molecule has 0 bridgehead atoms. The first kappa shape index (κ1) is 23.4. The molecular formula is C24H34N4O2. The van der Waals surface area contributed by atoms with Crippen LogP contribution in [0.3, 0.4) is 0 Å². The van der Waals surface area contributed by atoms with E-state index in [4.69, 9.17) is 9.73 Å². The van der Waals surface area contributed by atoms with Gasteiger partial charge in [-0.2, -0.15) is 0 Å². The van der Waals surface area contributed by atoms with Gasteiger partial charge in [0, 0.05) is 32.7 Å². The minimum absolute atomic E-state index is 0.00503. The molecule has 1 amide bonds. The van der Waals surface area contributed by atoms with Crippen LogP contribution >= 0.6 is 0 Å². The predicted molar refractivity (Wildman–Crippen MR) is 122 cm³/mol. The number of benzene rings is 2. The summed E-state index contributed by atoms with van der Waals surface area (Å²) in [7, 11) is 3.51. The molecule has 0 fully saturated rings. The minimum atomic E-state index is 0.00503. The molecule has 0 saturated heterocycles. The van der Waals surface area contributed by atoms with Gasteiger partial charge in [0.2, 0.25) is 0 Å². The molecular weight excluding hydrogens is 376 g/mol. The summed E-state index contributed by atoms with van der Waals surface area (Å²) in [4.78, 5) is 18.3. The second kappa shape index (κ2) is 12.0. The fourth-order valence-corrected chi connectivity index (χ4v) is 2.80. The minimum Gasteiger partial charge on any atom is -0.374 e. The van der Waals surface area contributed by atoms with E-state index < -0.39 is 0 Å². The molecule has 6 nitrogen and oxygen atoms in total. The summed E-state index contributed by atoms with van der Waals surface area (Å²) in [6.07, 6.45) is 0.214. The lowest BCUT2D eigenvalue weighted by molar-refractivity contribution is 0.0657. The van der Waals surface area contributed by atoms with Crippen molar-refractivity contribution in [3.05, 3.63) is 70.8 Å². The summed E-state index contributed by atoms with van der Waals surface area (Å²) in [5.74, 6) is 0.764. The van der Waals surface area contributed by atoms with E-state index in [1.807, 2.05) is 51.1 Å². The van der Waals surface area contributed by atoms with Crippen molar-refractivity contribution in [1.82, 2.24) is 15.5 Å². The number of rotatable bonds is 9. The third-order valence-corrected chi connectivity index (χ3v) is 4.41. The van der Waals surface area contributed by atoms with E-state index in [0.717, 1.165) is 29.2 Å². The topological polar surface area (TPSA) is 66.0 Å². The Labute approximate surface area is 180 Å². The molecule has 0 aromatic heterocycles. The third-order valence-electron chi connectivity index (χ3n) is 4.41. The van der Waals surface area contributed by atoms with Crippen LogP contribution < -0.4 is 10.6 Å². The molecule has 0 heterocycles. The maximum atomic E-state index is 12.0. The van der Waals surface area contributed by atoms with Crippen LogP contribution in [0, 0.1) is 0 Å². The lowest BCUT2D eigenvalue weighted by atomic mass is 10.1. The van der Waals surface area contributed by atoms with E-state index in [1.165, 1.54) is 0 Å². The second-order valence-corrected chi connectivity index (χ2v) is 7.62. The number of nitrogens with zero attached hydrogens (tertiary/aromatic N) is 2. The Hall–Kier alpha value is -2.86. The molecule has 2 rings (SSSR count). The zero-order chi connectivity index (χ0) is 21.9. The molecule has 0 radical (unpaired) electrons. The molecule has 0 saturated carbocycles. The summed E-state index contributed by atoms with van der Waals surface area (Å²) in [5.41, 5.74) is 4.07. The van der Waals surface area contributed by atoms with Crippen LogP contribution in [0.2, 0.25) is 0 Å². The van der Waals surface area contributed by atoms with Crippen LogP contribution in [0.4, 0.5) is 0 Å². The molecule has 0 aliphatic carbocycles. The van der Waals surface area contributed by atoms with Gasteiger partial charge in [-0.05, 0) is 49.6 Å². The first-order valence-electron chi connectivity index (χ1n) is 10.4. The number of hydrogen-bond donors (Lipinski definition) is 2. The molecule has 0 spiro atoms. The number of carbonyl (C=O) groups is 1. The van der Waals surface area contributed by atoms with Gasteiger partial charge >= 0.3 is 0 Å². The predicted octanol–water partition coefficient (Wildman–Crippen LogP) is 3.57. The molecule has 0 atom stereocenters. The second-order valence-electron chi connectivity index (χ2n) is 7.62. The molecule has 30 heavy (non-hydrogen) atoms. The van der Waals surface area contributed by atoms with Gasteiger partial charge in [-0.3, -0.25) is 4.79 Å². The summed E-state index contributed by atoms with van der Waals surface area (Å²) in [5, 5.41) is 6.63. The largest absolute Gasteiger partial charge is 0.374 e. The van der Waals surface area contributed by atoms with Crippen LogP contribution in [-0.4, -0.2) is 43.5 Å². The molecule has 0 aliphatic heterocycles. The van der Waals surface area contributed by atoms with Crippen LogP contribution in [0.25, 0.3) is 0 Å². The van der Waals surface area contributed by atoms with Gasteiger partial charge in [-0.25, -0.2) is 4.99 Å². The standard InChI is InChI=1S/C24H34N4O2/c1-6-25-24(26-15-19-10-12-22(13-11-19)23(29)28(4)5)27-16-20-8-7-9-21(14-20)17-30-18(2)3/h7-14,18H,6,15-17H2,1-5H3,(H2,25,26,27). The number of carbonyl (C=O) groups excluding carboxylic acids is 1. The normalized spacial score (nSPS) is 11.5. The highest BCUT2D eigenvalue weighted by molar-refractivity contribution is 5.93. The molecule has 2 aromatic rings. The van der Waals surface area contributed by atoms with Gasteiger partial charge in [0.1, 0.15) is 0 Å². The molecule has 162 valence electrons. The first-order valence-corrected chi connectivity index (χ1v) is 10.4. The van der Waals surface area contributed by atoms with Crippen molar-refractivity contribution < 1.29 is 9.53 Å². The van der Waals surface area contributed by atoms with E-state index in [9.17, 15) is 4.79 Å². The fraction of sp³-hybridized carbons (Fsp3) is 0.417. The number of aliphatic imine (C=N–C) groups is 1. The average Bonchev–Trinajstić information content (AvgIpc) is 2.74. The Morgan fingerprint density at radius 3 is 2.37 bits per heavy atom. The number of amides is 1.